The van der Waals surface area contributed by atoms with Crippen LogP contribution in [-0.2, 0) is 11.2 Å². The quantitative estimate of drug-likeness (QED) is 0.495. The van der Waals surface area contributed by atoms with Crippen molar-refractivity contribution in [3.05, 3.63) is 39.9 Å². The first-order valence-corrected chi connectivity index (χ1v) is 6.98. The summed E-state index contributed by atoms with van der Waals surface area (Å²) in [5.74, 6) is 6.49. The highest BCUT2D eigenvalue weighted by Crippen LogP contribution is 2.15. The van der Waals surface area contributed by atoms with E-state index in [4.69, 9.17) is 23.2 Å². The van der Waals surface area contributed by atoms with Gasteiger partial charge in [0.25, 0.3) is 0 Å². The predicted molar refractivity (Wildman–Crippen MR) is 80.4 cm³/mol. The molecule has 0 aliphatic rings. The number of halogens is 2. The van der Waals surface area contributed by atoms with E-state index in [1.54, 1.807) is 6.20 Å². The zero-order valence-corrected chi connectivity index (χ0v) is 13.0. The van der Waals surface area contributed by atoms with Gasteiger partial charge in [-0.1, -0.05) is 11.6 Å². The molecule has 0 bridgehead atoms. The third-order valence-corrected chi connectivity index (χ3v) is 3.14. The SMILES string of the molecule is CC(C)n1c(C#Cc2nc(Cl)ncc2Cl)cnc1CC=O. The second-order valence-corrected chi connectivity index (χ2v) is 5.23. The number of imidazole rings is 1. The van der Waals surface area contributed by atoms with Crippen molar-refractivity contribution in [1.29, 1.82) is 0 Å². The lowest BCUT2D eigenvalue weighted by molar-refractivity contribution is -0.107. The molecule has 0 radical (unpaired) electrons. The number of carbonyl (C=O) groups excluding carboxylic acids is 1. The minimum atomic E-state index is 0.0858. The highest BCUT2D eigenvalue weighted by Gasteiger charge is 2.11. The number of aromatic nitrogens is 4. The summed E-state index contributed by atoms with van der Waals surface area (Å²) in [6, 6.07) is 0.135. The maximum absolute atomic E-state index is 10.7. The van der Waals surface area contributed by atoms with Gasteiger partial charge in [0.2, 0.25) is 5.28 Å². The van der Waals surface area contributed by atoms with Crippen LogP contribution in [0.15, 0.2) is 12.4 Å². The van der Waals surface area contributed by atoms with Crippen LogP contribution in [0, 0.1) is 11.8 Å². The summed E-state index contributed by atoms with van der Waals surface area (Å²) in [4.78, 5) is 22.6. The van der Waals surface area contributed by atoms with E-state index in [1.807, 2.05) is 18.4 Å². The van der Waals surface area contributed by atoms with Crippen molar-refractivity contribution in [3.8, 4) is 11.8 Å². The van der Waals surface area contributed by atoms with Crippen molar-refractivity contribution < 1.29 is 4.79 Å². The summed E-state index contributed by atoms with van der Waals surface area (Å²) in [5.41, 5.74) is 1.04. The summed E-state index contributed by atoms with van der Waals surface area (Å²) in [5, 5.41) is 0.415. The van der Waals surface area contributed by atoms with Gasteiger partial charge in [0.05, 0.1) is 23.8 Å². The largest absolute Gasteiger partial charge is 0.319 e. The van der Waals surface area contributed by atoms with Gasteiger partial charge in [-0.25, -0.2) is 15.0 Å². The first kappa shape index (κ1) is 15.5. The Balaban J connectivity index is 2.43. The molecule has 7 heteroatoms. The Bertz CT molecular complexity index is 728. The molecule has 21 heavy (non-hydrogen) atoms. The summed E-state index contributed by atoms with van der Waals surface area (Å²) in [7, 11) is 0. The number of aldehydes is 1. The Morgan fingerprint density at radius 3 is 2.71 bits per heavy atom. The van der Waals surface area contributed by atoms with Crippen LogP contribution >= 0.6 is 23.2 Å². The van der Waals surface area contributed by atoms with E-state index in [9.17, 15) is 4.79 Å². The molecule has 0 saturated heterocycles. The van der Waals surface area contributed by atoms with Crippen LogP contribution in [0.5, 0.6) is 0 Å². The third-order valence-electron chi connectivity index (χ3n) is 2.68. The van der Waals surface area contributed by atoms with E-state index >= 15 is 0 Å². The highest BCUT2D eigenvalue weighted by molar-refractivity contribution is 6.32. The Hall–Kier alpha value is -1.90. The molecule has 2 aromatic heterocycles. The second-order valence-electron chi connectivity index (χ2n) is 4.48. The molecule has 2 rings (SSSR count). The molecule has 0 unspecified atom stereocenters. The number of hydrogen-bond donors (Lipinski definition) is 0. The minimum Gasteiger partial charge on any atom is -0.319 e. The molecule has 0 spiro atoms. The lowest BCUT2D eigenvalue weighted by Gasteiger charge is -2.11. The molecule has 2 aromatic rings. The van der Waals surface area contributed by atoms with Crippen molar-refractivity contribution in [2.45, 2.75) is 26.3 Å². The molecule has 0 aliphatic heterocycles. The van der Waals surface area contributed by atoms with Crippen LogP contribution in [0.25, 0.3) is 0 Å². The Morgan fingerprint density at radius 2 is 2.05 bits per heavy atom. The molecule has 0 aliphatic carbocycles. The van der Waals surface area contributed by atoms with Gasteiger partial charge in [-0.2, -0.15) is 0 Å². The number of nitrogens with zero attached hydrogens (tertiary/aromatic N) is 4. The van der Waals surface area contributed by atoms with Crippen molar-refractivity contribution in [2.75, 3.05) is 0 Å². The van der Waals surface area contributed by atoms with Gasteiger partial charge in [-0.05, 0) is 37.3 Å². The zero-order valence-electron chi connectivity index (χ0n) is 11.5. The topological polar surface area (TPSA) is 60.7 Å². The van der Waals surface area contributed by atoms with E-state index in [0.717, 1.165) is 6.29 Å². The van der Waals surface area contributed by atoms with Crippen molar-refractivity contribution in [2.24, 2.45) is 0 Å². The van der Waals surface area contributed by atoms with Gasteiger partial charge >= 0.3 is 0 Å². The second kappa shape index (κ2) is 6.70. The average molecular weight is 323 g/mol. The molecule has 0 aromatic carbocycles. The molecule has 0 atom stereocenters. The zero-order chi connectivity index (χ0) is 15.4. The fraction of sp³-hybridized carbons (Fsp3) is 0.286. The molecule has 0 saturated carbocycles. The summed E-state index contributed by atoms with van der Waals surface area (Å²) in [6.45, 7) is 3.99. The van der Waals surface area contributed by atoms with Gasteiger partial charge < -0.3 is 9.36 Å². The lowest BCUT2D eigenvalue weighted by atomic mass is 10.3. The van der Waals surface area contributed by atoms with E-state index in [1.165, 1.54) is 6.20 Å². The molecule has 0 fully saturated rings. The third kappa shape index (κ3) is 3.60. The molecular weight excluding hydrogens is 311 g/mol. The van der Waals surface area contributed by atoms with E-state index < -0.39 is 0 Å². The number of carbonyl (C=O) groups is 1. The summed E-state index contributed by atoms with van der Waals surface area (Å²) >= 11 is 11.7. The van der Waals surface area contributed by atoms with Gasteiger partial charge in [0, 0.05) is 6.04 Å². The first-order chi connectivity index (χ1) is 10.0. The smallest absolute Gasteiger partial charge is 0.223 e. The van der Waals surface area contributed by atoms with Gasteiger partial charge in [0.1, 0.15) is 23.5 Å². The Kier molecular flexibility index (Phi) is 4.94. The van der Waals surface area contributed by atoms with Crippen LogP contribution in [0.4, 0.5) is 0 Å². The predicted octanol–water partition coefficient (Wildman–Crippen LogP) is 2.70. The lowest BCUT2D eigenvalue weighted by Crippen LogP contribution is -2.09. The average Bonchev–Trinajstić information content (AvgIpc) is 2.83. The van der Waals surface area contributed by atoms with Crippen LogP contribution in [-0.4, -0.2) is 25.8 Å². The maximum atomic E-state index is 10.7. The highest BCUT2D eigenvalue weighted by atomic mass is 35.5. The fourth-order valence-electron chi connectivity index (χ4n) is 1.85. The van der Waals surface area contributed by atoms with Crippen LogP contribution in [0.3, 0.4) is 0 Å². The van der Waals surface area contributed by atoms with Crippen LogP contribution < -0.4 is 0 Å². The standard InChI is InChI=1S/C14H12Cl2N4O/c1-9(2)20-10(7-17-13(20)5-6-21)3-4-12-11(15)8-18-14(16)19-12/h6-9H,5H2,1-2H3. The fourth-order valence-corrected chi connectivity index (χ4v) is 2.12. The molecule has 0 amide bonds. The van der Waals surface area contributed by atoms with Crippen LogP contribution in [0.1, 0.15) is 37.1 Å². The van der Waals surface area contributed by atoms with Gasteiger partial charge in [-0.15, -0.1) is 0 Å². The normalized spacial score (nSPS) is 10.3. The monoisotopic (exact) mass is 322 g/mol. The Labute approximate surface area is 132 Å². The molecule has 5 nitrogen and oxygen atoms in total. The number of rotatable bonds is 3. The minimum absolute atomic E-state index is 0.0858. The first-order valence-electron chi connectivity index (χ1n) is 6.22. The van der Waals surface area contributed by atoms with Gasteiger partial charge in [0.15, 0.2) is 0 Å². The van der Waals surface area contributed by atoms with Gasteiger partial charge in [-0.3, -0.25) is 0 Å². The summed E-state index contributed by atoms with van der Waals surface area (Å²) in [6.07, 6.45) is 4.10. The van der Waals surface area contributed by atoms with Crippen molar-refractivity contribution in [3.63, 3.8) is 0 Å². The van der Waals surface area contributed by atoms with E-state index in [2.05, 4.69) is 26.8 Å². The van der Waals surface area contributed by atoms with E-state index in [0.29, 0.717) is 22.2 Å². The number of hydrogen-bond acceptors (Lipinski definition) is 4. The van der Waals surface area contributed by atoms with Crippen LogP contribution in [0.2, 0.25) is 10.3 Å². The molecule has 2 heterocycles. The molecule has 108 valence electrons. The Morgan fingerprint density at radius 1 is 1.29 bits per heavy atom. The summed E-state index contributed by atoms with van der Waals surface area (Å²) < 4.78 is 1.90. The van der Waals surface area contributed by atoms with E-state index in [-0.39, 0.29) is 17.7 Å². The molecular formula is C14H12Cl2N4O. The van der Waals surface area contributed by atoms with Crippen molar-refractivity contribution in [1.82, 2.24) is 19.5 Å². The molecule has 0 N–H and O–H groups in total. The maximum Gasteiger partial charge on any atom is 0.223 e. The van der Waals surface area contributed by atoms with Crippen molar-refractivity contribution >= 4 is 29.5 Å².